The highest BCUT2D eigenvalue weighted by molar-refractivity contribution is 5.27. The van der Waals surface area contributed by atoms with Crippen molar-refractivity contribution in [3.05, 3.63) is 35.4 Å². The first-order chi connectivity index (χ1) is 7.16. The van der Waals surface area contributed by atoms with E-state index in [0.29, 0.717) is 12.1 Å². The summed E-state index contributed by atoms with van der Waals surface area (Å²) in [5.74, 6) is -4.89. The maximum absolute atomic E-state index is 12.8. The smallest absolute Gasteiger partial charge is 0.228 e. The Morgan fingerprint density at radius 2 is 1.44 bits per heavy atom. The minimum atomic E-state index is -5.63. The van der Waals surface area contributed by atoms with Gasteiger partial charge in [0.25, 0.3) is 0 Å². The van der Waals surface area contributed by atoms with Crippen LogP contribution in [0.15, 0.2) is 24.3 Å². The molecule has 0 spiro atoms. The molecule has 1 atom stereocenters. The monoisotopic (exact) mass is 239 g/mol. The second-order valence-corrected chi connectivity index (χ2v) is 3.34. The van der Waals surface area contributed by atoms with Crippen molar-refractivity contribution in [1.29, 1.82) is 0 Å². The molecule has 1 unspecified atom stereocenters. The van der Waals surface area contributed by atoms with Gasteiger partial charge in [0.1, 0.15) is 6.10 Å². The molecule has 1 aromatic carbocycles. The number of hydrogen-bond acceptors (Lipinski definition) is 0. The Labute approximate surface area is 88.5 Å². The first-order valence-corrected chi connectivity index (χ1v) is 4.37. The lowest BCUT2D eigenvalue weighted by molar-refractivity contribution is -0.289. The summed E-state index contributed by atoms with van der Waals surface area (Å²) in [6.07, 6.45) is -6.79. The van der Waals surface area contributed by atoms with Crippen LogP contribution in [0.5, 0.6) is 0 Å². The Hall–Kier alpha value is -1.17. The molecule has 0 aliphatic rings. The lowest BCUT2D eigenvalue weighted by atomic mass is 10.0. The van der Waals surface area contributed by atoms with Crippen LogP contribution in [0.2, 0.25) is 0 Å². The molecular weight excluding hydrogens is 231 g/mol. The van der Waals surface area contributed by atoms with E-state index in [1.807, 2.05) is 0 Å². The molecule has 0 aliphatic carbocycles. The molecule has 6 heteroatoms. The summed E-state index contributed by atoms with van der Waals surface area (Å²) >= 11 is 0. The van der Waals surface area contributed by atoms with Crippen LogP contribution in [0.3, 0.4) is 0 Å². The first kappa shape index (κ1) is 12.9. The van der Waals surface area contributed by atoms with Crippen molar-refractivity contribution in [2.45, 2.75) is 25.1 Å². The zero-order chi connectivity index (χ0) is 12.6. The first-order valence-electron chi connectivity index (χ1n) is 4.37. The van der Waals surface area contributed by atoms with E-state index in [9.17, 15) is 27.1 Å². The van der Waals surface area contributed by atoms with Gasteiger partial charge in [-0.2, -0.15) is 22.0 Å². The van der Waals surface area contributed by atoms with Gasteiger partial charge in [-0.15, -0.1) is 0 Å². The molecule has 0 heterocycles. The van der Waals surface area contributed by atoms with Gasteiger partial charge >= 0.3 is 12.1 Å². The molecule has 0 bridgehead atoms. The van der Waals surface area contributed by atoms with E-state index in [0.717, 1.165) is 12.1 Å². The van der Waals surface area contributed by atoms with Crippen LogP contribution in [-0.4, -0.2) is 6.18 Å². The van der Waals surface area contributed by atoms with Crippen molar-refractivity contribution < 1.29 is 27.1 Å². The molecule has 0 fully saturated rings. The summed E-state index contributed by atoms with van der Waals surface area (Å²) in [5.41, 5.74) is -0.994. The van der Waals surface area contributed by atoms with Gasteiger partial charge in [-0.25, -0.2) is 5.11 Å². The Balaban J connectivity index is 3.07. The summed E-state index contributed by atoms with van der Waals surface area (Å²) in [6.45, 7) is 1.27. The van der Waals surface area contributed by atoms with Crippen LogP contribution < -0.4 is 0 Å². The molecule has 0 aromatic heterocycles. The second kappa shape index (κ2) is 4.01. The van der Waals surface area contributed by atoms with Crippen molar-refractivity contribution in [2.75, 3.05) is 0 Å². The van der Waals surface area contributed by atoms with Crippen LogP contribution in [0, 0.1) is 0 Å². The molecule has 0 N–H and O–H groups in total. The minimum Gasteiger partial charge on any atom is -0.228 e. The highest BCUT2D eigenvalue weighted by atomic mass is 19.4. The van der Waals surface area contributed by atoms with Crippen molar-refractivity contribution in [2.24, 2.45) is 0 Å². The van der Waals surface area contributed by atoms with E-state index in [1.54, 1.807) is 0 Å². The van der Waals surface area contributed by atoms with Gasteiger partial charge in [0.2, 0.25) is 0 Å². The van der Waals surface area contributed by atoms with Crippen LogP contribution in [0.1, 0.15) is 24.2 Å². The van der Waals surface area contributed by atoms with Crippen LogP contribution in [-0.2, 0) is 11.0 Å². The predicted molar refractivity (Wildman–Crippen MR) is 45.5 cm³/mol. The quantitative estimate of drug-likeness (QED) is 0.699. The van der Waals surface area contributed by atoms with Crippen molar-refractivity contribution in [3.8, 4) is 0 Å². The maximum Gasteiger partial charge on any atom is 0.458 e. The molecule has 0 saturated heterocycles. The maximum atomic E-state index is 12.8. The van der Waals surface area contributed by atoms with E-state index in [4.69, 9.17) is 0 Å². The van der Waals surface area contributed by atoms with E-state index in [2.05, 4.69) is 0 Å². The fourth-order valence-electron chi connectivity index (χ4n) is 1.13. The highest BCUT2D eigenvalue weighted by Crippen LogP contribution is 2.43. The van der Waals surface area contributed by atoms with Crippen LogP contribution in [0.4, 0.5) is 22.0 Å². The molecule has 0 aliphatic heterocycles. The van der Waals surface area contributed by atoms with E-state index >= 15 is 0 Å². The zero-order valence-electron chi connectivity index (χ0n) is 8.18. The number of halogens is 5. The molecular formula is C10H8F5O. The summed E-state index contributed by atoms with van der Waals surface area (Å²) in [7, 11) is 0. The van der Waals surface area contributed by atoms with Crippen molar-refractivity contribution in [1.82, 2.24) is 0 Å². The van der Waals surface area contributed by atoms with Gasteiger partial charge in [0.05, 0.1) is 0 Å². The summed E-state index contributed by atoms with van der Waals surface area (Å²) in [4.78, 5) is 0. The number of hydrogen-bond donors (Lipinski definition) is 0. The highest BCUT2D eigenvalue weighted by Gasteiger charge is 2.58. The van der Waals surface area contributed by atoms with Gasteiger partial charge in [-0.3, -0.25) is 0 Å². The molecule has 0 saturated carbocycles. The van der Waals surface area contributed by atoms with Crippen molar-refractivity contribution >= 4 is 0 Å². The molecule has 1 rings (SSSR count). The summed E-state index contributed by atoms with van der Waals surface area (Å²) in [5, 5.41) is 10.9. The zero-order valence-corrected chi connectivity index (χ0v) is 8.18. The van der Waals surface area contributed by atoms with E-state index in [1.165, 1.54) is 6.92 Å². The minimum absolute atomic E-state index is 0.168. The lowest BCUT2D eigenvalue weighted by Crippen LogP contribution is -2.33. The van der Waals surface area contributed by atoms with Gasteiger partial charge in [0, 0.05) is 5.56 Å². The van der Waals surface area contributed by atoms with Gasteiger partial charge in [0.15, 0.2) is 0 Å². The summed E-state index contributed by atoms with van der Waals surface area (Å²) < 4.78 is 61.5. The Morgan fingerprint density at radius 3 is 1.75 bits per heavy atom. The standard InChI is InChI=1S/C10H8F5O/c1-6(16)7-2-4-8(5-3-7)9(11,12)10(13,14)15/h2-6H,1H3. The third-order valence-corrected chi connectivity index (χ3v) is 2.10. The normalized spacial score (nSPS) is 14.9. The molecule has 1 radical (unpaired) electrons. The fourth-order valence-corrected chi connectivity index (χ4v) is 1.13. The van der Waals surface area contributed by atoms with Crippen LogP contribution >= 0.6 is 0 Å². The SMILES string of the molecule is CC([O])c1ccc(C(F)(F)C(F)(F)F)cc1. The predicted octanol–water partition coefficient (Wildman–Crippen LogP) is 3.83. The van der Waals surface area contributed by atoms with Gasteiger partial charge < -0.3 is 0 Å². The Morgan fingerprint density at radius 1 is 1.00 bits per heavy atom. The largest absolute Gasteiger partial charge is 0.458 e. The topological polar surface area (TPSA) is 19.9 Å². The van der Waals surface area contributed by atoms with E-state index < -0.39 is 23.8 Å². The second-order valence-electron chi connectivity index (χ2n) is 3.34. The average Bonchev–Trinajstić information content (AvgIpc) is 2.16. The third-order valence-electron chi connectivity index (χ3n) is 2.10. The number of rotatable bonds is 2. The third kappa shape index (κ3) is 2.32. The van der Waals surface area contributed by atoms with Crippen LogP contribution in [0.25, 0.3) is 0 Å². The Bertz CT molecular complexity index is 352. The summed E-state index contributed by atoms with van der Waals surface area (Å²) in [6, 6.07) is 3.20. The van der Waals surface area contributed by atoms with E-state index in [-0.39, 0.29) is 5.56 Å². The molecule has 1 nitrogen and oxygen atoms in total. The van der Waals surface area contributed by atoms with Crippen molar-refractivity contribution in [3.63, 3.8) is 0 Å². The number of benzene rings is 1. The van der Waals surface area contributed by atoms with Gasteiger partial charge in [-0.1, -0.05) is 24.3 Å². The van der Waals surface area contributed by atoms with Gasteiger partial charge in [-0.05, 0) is 12.5 Å². The molecule has 89 valence electrons. The fraction of sp³-hybridized carbons (Fsp3) is 0.400. The number of alkyl halides is 5. The molecule has 16 heavy (non-hydrogen) atoms. The Kier molecular flexibility index (Phi) is 3.23. The molecule has 0 amide bonds. The average molecular weight is 239 g/mol. The molecule has 1 aromatic rings. The lowest BCUT2D eigenvalue weighted by Gasteiger charge is -2.20.